The van der Waals surface area contributed by atoms with Gasteiger partial charge in [0.15, 0.2) is 0 Å². The highest BCUT2D eigenvalue weighted by Crippen LogP contribution is 2.30. The average Bonchev–Trinajstić information content (AvgIpc) is 3.03. The van der Waals surface area contributed by atoms with E-state index in [0.29, 0.717) is 31.1 Å². The van der Waals surface area contributed by atoms with Crippen LogP contribution in [0.2, 0.25) is 0 Å². The third-order valence-corrected chi connectivity index (χ3v) is 4.34. The van der Waals surface area contributed by atoms with E-state index in [1.165, 1.54) is 4.57 Å². The molecule has 6 heteroatoms. The van der Waals surface area contributed by atoms with Crippen LogP contribution in [0.5, 0.6) is 0 Å². The second-order valence-electron chi connectivity index (χ2n) is 5.79. The number of aryl methyl sites for hydroxylation is 1. The fraction of sp³-hybridized carbons (Fsp3) is 0.643. The van der Waals surface area contributed by atoms with Crippen molar-refractivity contribution in [1.29, 1.82) is 0 Å². The van der Waals surface area contributed by atoms with Gasteiger partial charge < -0.3 is 9.64 Å². The van der Waals surface area contributed by atoms with Crippen molar-refractivity contribution in [1.82, 2.24) is 14.5 Å². The van der Waals surface area contributed by atoms with Crippen molar-refractivity contribution in [2.45, 2.75) is 45.4 Å². The van der Waals surface area contributed by atoms with Crippen molar-refractivity contribution in [3.8, 4) is 0 Å². The lowest BCUT2D eigenvalue weighted by molar-refractivity contribution is -0.151. The zero-order valence-corrected chi connectivity index (χ0v) is 12.1. The van der Waals surface area contributed by atoms with E-state index in [9.17, 15) is 9.59 Å². The van der Waals surface area contributed by atoms with Crippen molar-refractivity contribution >= 4 is 5.91 Å². The minimum absolute atomic E-state index is 0.0345. The fourth-order valence-electron chi connectivity index (χ4n) is 2.95. The molecule has 20 heavy (non-hydrogen) atoms. The second kappa shape index (κ2) is 4.41. The molecular weight excluding hydrogens is 258 g/mol. The zero-order valence-electron chi connectivity index (χ0n) is 12.1. The Balaban J connectivity index is 1.89. The lowest BCUT2D eigenvalue weighted by atomic mass is 10.0. The highest BCUT2D eigenvalue weighted by Gasteiger charge is 2.42. The summed E-state index contributed by atoms with van der Waals surface area (Å²) in [5.41, 5.74) is 0.566. The summed E-state index contributed by atoms with van der Waals surface area (Å²) in [6, 6.07) is 0. The smallest absolute Gasteiger partial charge is 0.258 e. The maximum atomic E-state index is 12.6. The van der Waals surface area contributed by atoms with Crippen LogP contribution in [0.3, 0.4) is 0 Å². The summed E-state index contributed by atoms with van der Waals surface area (Å²) in [6.45, 7) is 5.01. The number of hydrogen-bond acceptors (Lipinski definition) is 4. The molecule has 6 nitrogen and oxygen atoms in total. The summed E-state index contributed by atoms with van der Waals surface area (Å²) in [4.78, 5) is 30.9. The summed E-state index contributed by atoms with van der Waals surface area (Å²) in [5, 5.41) is 0. The first-order chi connectivity index (χ1) is 9.42. The summed E-state index contributed by atoms with van der Waals surface area (Å²) < 4.78 is 7.12. The van der Waals surface area contributed by atoms with E-state index in [1.54, 1.807) is 18.9 Å². The van der Waals surface area contributed by atoms with Gasteiger partial charge in [-0.05, 0) is 26.7 Å². The van der Waals surface area contributed by atoms with Gasteiger partial charge in [-0.15, -0.1) is 0 Å². The van der Waals surface area contributed by atoms with E-state index < -0.39 is 5.60 Å². The highest BCUT2D eigenvalue weighted by molar-refractivity contribution is 5.85. The Hall–Kier alpha value is -1.69. The maximum absolute atomic E-state index is 12.6. The Morgan fingerprint density at radius 2 is 2.15 bits per heavy atom. The van der Waals surface area contributed by atoms with Crippen LogP contribution in [0.4, 0.5) is 0 Å². The molecule has 1 aromatic rings. The Kier molecular flexibility index (Phi) is 2.93. The molecule has 0 bridgehead atoms. The van der Waals surface area contributed by atoms with Crippen molar-refractivity contribution in [2.75, 3.05) is 6.61 Å². The number of ether oxygens (including phenoxy) is 1. The van der Waals surface area contributed by atoms with E-state index in [0.717, 1.165) is 18.5 Å². The molecule has 0 aromatic carbocycles. The number of fused-ring (bicyclic) bond motifs is 1. The number of carbonyl (C=O) groups is 1. The van der Waals surface area contributed by atoms with Gasteiger partial charge in [0.05, 0.1) is 24.3 Å². The molecule has 1 fully saturated rings. The Morgan fingerprint density at radius 3 is 2.80 bits per heavy atom. The molecule has 3 rings (SSSR count). The van der Waals surface area contributed by atoms with Gasteiger partial charge in [0.1, 0.15) is 11.4 Å². The molecule has 1 atom stereocenters. The second-order valence-corrected chi connectivity index (χ2v) is 5.79. The predicted octanol–water partition coefficient (Wildman–Crippen LogP) is 0.500. The van der Waals surface area contributed by atoms with E-state index in [1.807, 2.05) is 6.92 Å². The van der Waals surface area contributed by atoms with Crippen LogP contribution < -0.4 is 5.56 Å². The molecule has 0 N–H and O–H groups in total. The van der Waals surface area contributed by atoms with Crippen LogP contribution >= 0.6 is 0 Å². The standard InChI is InChI=1S/C14H19N3O3/c1-9-15-11-8-17(7-10(11)12(18)16(9)3)13(19)14(2)5-4-6-20-14/h4-8H2,1-3H3/t14-/m1/s1. The van der Waals surface area contributed by atoms with Crippen LogP contribution in [-0.2, 0) is 29.7 Å². The number of nitrogens with zero attached hydrogens (tertiary/aromatic N) is 3. The zero-order chi connectivity index (χ0) is 14.5. The van der Waals surface area contributed by atoms with Gasteiger partial charge in [-0.1, -0.05) is 0 Å². The SMILES string of the molecule is Cc1nc2c(c(=O)n1C)CN(C(=O)[C@@]1(C)CCCO1)C2. The summed E-state index contributed by atoms with van der Waals surface area (Å²) in [7, 11) is 1.71. The molecule has 3 heterocycles. The Labute approximate surface area is 117 Å². The van der Waals surface area contributed by atoms with Crippen molar-refractivity contribution in [3.05, 3.63) is 27.4 Å². The molecule has 108 valence electrons. The van der Waals surface area contributed by atoms with Crippen molar-refractivity contribution in [3.63, 3.8) is 0 Å². The molecule has 1 amide bonds. The van der Waals surface area contributed by atoms with E-state index in [2.05, 4.69) is 4.98 Å². The minimum Gasteiger partial charge on any atom is -0.365 e. The van der Waals surface area contributed by atoms with Crippen molar-refractivity contribution in [2.24, 2.45) is 7.05 Å². The number of rotatable bonds is 1. The highest BCUT2D eigenvalue weighted by atomic mass is 16.5. The lowest BCUT2D eigenvalue weighted by Gasteiger charge is -2.27. The van der Waals surface area contributed by atoms with Gasteiger partial charge in [0.25, 0.3) is 11.5 Å². The monoisotopic (exact) mass is 277 g/mol. The van der Waals surface area contributed by atoms with Gasteiger partial charge in [-0.25, -0.2) is 4.98 Å². The normalized spacial score (nSPS) is 25.1. The van der Waals surface area contributed by atoms with E-state index in [4.69, 9.17) is 4.74 Å². The number of aromatic nitrogens is 2. The van der Waals surface area contributed by atoms with Crippen LogP contribution in [0.1, 0.15) is 36.8 Å². The molecule has 0 spiro atoms. The molecule has 0 unspecified atom stereocenters. The maximum Gasteiger partial charge on any atom is 0.258 e. The van der Waals surface area contributed by atoms with Gasteiger partial charge in [0, 0.05) is 13.7 Å². The Morgan fingerprint density at radius 1 is 1.40 bits per heavy atom. The van der Waals surface area contributed by atoms with Gasteiger partial charge >= 0.3 is 0 Å². The molecule has 1 aromatic heterocycles. The molecule has 1 saturated heterocycles. The largest absolute Gasteiger partial charge is 0.365 e. The molecule has 0 saturated carbocycles. The molecular formula is C14H19N3O3. The first kappa shape index (κ1) is 13.3. The minimum atomic E-state index is -0.734. The third kappa shape index (κ3) is 1.86. The van der Waals surface area contributed by atoms with Gasteiger partial charge in [-0.2, -0.15) is 0 Å². The van der Waals surface area contributed by atoms with Crippen LogP contribution in [0.25, 0.3) is 0 Å². The van der Waals surface area contributed by atoms with Gasteiger partial charge in [0.2, 0.25) is 0 Å². The topological polar surface area (TPSA) is 64.4 Å². The van der Waals surface area contributed by atoms with Crippen LogP contribution in [-0.4, -0.2) is 32.6 Å². The Bertz CT molecular complexity index is 629. The predicted molar refractivity (Wildman–Crippen MR) is 72.1 cm³/mol. The van der Waals surface area contributed by atoms with Crippen molar-refractivity contribution < 1.29 is 9.53 Å². The summed E-state index contributed by atoms with van der Waals surface area (Å²) in [6.07, 6.45) is 1.64. The van der Waals surface area contributed by atoms with E-state index in [-0.39, 0.29) is 11.5 Å². The average molecular weight is 277 g/mol. The molecule has 2 aliphatic rings. The number of hydrogen-bond donors (Lipinski definition) is 0. The van der Waals surface area contributed by atoms with E-state index >= 15 is 0 Å². The lowest BCUT2D eigenvalue weighted by Crippen LogP contribution is -2.44. The number of amides is 1. The van der Waals surface area contributed by atoms with Crippen LogP contribution in [0.15, 0.2) is 4.79 Å². The molecule has 2 aliphatic heterocycles. The summed E-state index contributed by atoms with van der Waals surface area (Å²) >= 11 is 0. The fourth-order valence-corrected chi connectivity index (χ4v) is 2.95. The first-order valence-corrected chi connectivity index (χ1v) is 6.91. The summed E-state index contributed by atoms with van der Waals surface area (Å²) in [5.74, 6) is 0.638. The number of carbonyl (C=O) groups excluding carboxylic acids is 1. The quantitative estimate of drug-likeness (QED) is 0.750. The first-order valence-electron chi connectivity index (χ1n) is 6.91. The molecule has 0 aliphatic carbocycles. The molecule has 0 radical (unpaired) electrons. The van der Waals surface area contributed by atoms with Gasteiger partial charge in [-0.3, -0.25) is 14.2 Å². The van der Waals surface area contributed by atoms with Crippen LogP contribution in [0, 0.1) is 6.92 Å². The third-order valence-electron chi connectivity index (χ3n) is 4.34.